The molecule has 0 aliphatic carbocycles. The monoisotopic (exact) mass is 436 g/mol. The van der Waals surface area contributed by atoms with Gasteiger partial charge in [0, 0.05) is 16.4 Å². The average molecular weight is 437 g/mol. The summed E-state index contributed by atoms with van der Waals surface area (Å²) in [5.41, 5.74) is 1.19. The highest BCUT2D eigenvalue weighted by atomic mass is 35.5. The maximum Gasteiger partial charge on any atom is 0.258 e. The first-order valence-corrected chi connectivity index (χ1v) is 11.3. The molecular weight excluding hydrogens is 416 g/mol. The lowest BCUT2D eigenvalue weighted by molar-refractivity contribution is -0.131. The number of halogens is 1. The van der Waals surface area contributed by atoms with Crippen molar-refractivity contribution in [2.75, 3.05) is 12.8 Å². The summed E-state index contributed by atoms with van der Waals surface area (Å²) >= 11 is 9.15. The molecule has 148 valence electrons. The molecule has 1 amide bonds. The molecule has 2 heterocycles. The Morgan fingerprint density at radius 3 is 2.82 bits per heavy atom. The van der Waals surface area contributed by atoms with Gasteiger partial charge in [0.05, 0.1) is 29.6 Å². The number of hydrogen-bond acceptors (Lipinski definition) is 6. The molecule has 0 fully saturated rings. The third-order valence-corrected chi connectivity index (χ3v) is 6.64. The second-order valence-corrected chi connectivity index (χ2v) is 8.93. The first-order chi connectivity index (χ1) is 13.4. The number of amides is 1. The Balaban J connectivity index is 1.84. The minimum absolute atomic E-state index is 0.00454. The molecule has 0 saturated heterocycles. The minimum atomic E-state index is -0.233. The van der Waals surface area contributed by atoms with Gasteiger partial charge in [0.1, 0.15) is 10.2 Å². The highest BCUT2D eigenvalue weighted by Crippen LogP contribution is 2.26. The highest BCUT2D eigenvalue weighted by Gasteiger charge is 2.19. The molecule has 1 N–H and O–H groups in total. The van der Waals surface area contributed by atoms with E-state index in [1.807, 2.05) is 20.1 Å². The molecule has 0 aliphatic heterocycles. The zero-order chi connectivity index (χ0) is 20.3. The number of thiazole rings is 1. The predicted octanol–water partition coefficient (Wildman–Crippen LogP) is 4.04. The van der Waals surface area contributed by atoms with Crippen LogP contribution in [0.25, 0.3) is 10.9 Å². The van der Waals surface area contributed by atoms with Gasteiger partial charge in [-0.1, -0.05) is 30.3 Å². The number of nitrogens with zero attached hydrogens (tertiary/aromatic N) is 3. The van der Waals surface area contributed by atoms with Gasteiger partial charge in [0.2, 0.25) is 5.91 Å². The Kier molecular flexibility index (Phi) is 6.74. The molecule has 3 aromatic rings. The van der Waals surface area contributed by atoms with Crippen LogP contribution in [-0.2, 0) is 17.8 Å². The number of rotatable bonds is 7. The van der Waals surface area contributed by atoms with Gasteiger partial charge in [-0.05, 0) is 37.8 Å². The summed E-state index contributed by atoms with van der Waals surface area (Å²) in [6.45, 7) is 4.77. The van der Waals surface area contributed by atoms with Crippen molar-refractivity contribution in [3.63, 3.8) is 0 Å². The van der Waals surface area contributed by atoms with Gasteiger partial charge in [-0.25, -0.2) is 9.97 Å². The lowest BCUT2D eigenvalue weighted by atomic mass is 10.2. The van der Waals surface area contributed by atoms with E-state index >= 15 is 0 Å². The SMILES string of the molecule is CCCN(Cc1nc2cc(Cl)ccc2c(=O)[nH]1)C(=O)Cc1sc(SC)nc1C. The third kappa shape index (κ3) is 4.74. The van der Waals surface area contributed by atoms with Crippen LogP contribution in [0.3, 0.4) is 0 Å². The topological polar surface area (TPSA) is 79.0 Å². The Labute approximate surface area is 176 Å². The molecule has 0 atom stereocenters. The number of aromatic nitrogens is 3. The first kappa shape index (κ1) is 20.8. The van der Waals surface area contributed by atoms with Crippen molar-refractivity contribution in [1.82, 2.24) is 19.9 Å². The van der Waals surface area contributed by atoms with Crippen molar-refractivity contribution in [3.8, 4) is 0 Å². The van der Waals surface area contributed by atoms with Crippen LogP contribution in [0.4, 0.5) is 0 Å². The van der Waals surface area contributed by atoms with Crippen molar-refractivity contribution < 1.29 is 4.79 Å². The number of benzene rings is 1. The summed E-state index contributed by atoms with van der Waals surface area (Å²) in [5.74, 6) is 0.447. The fourth-order valence-corrected chi connectivity index (χ4v) is 4.69. The summed E-state index contributed by atoms with van der Waals surface area (Å²) < 4.78 is 0.958. The van der Waals surface area contributed by atoms with Crippen LogP contribution in [0.15, 0.2) is 27.3 Å². The van der Waals surface area contributed by atoms with Gasteiger partial charge >= 0.3 is 0 Å². The number of carbonyl (C=O) groups is 1. The molecule has 0 saturated carbocycles. The molecule has 6 nitrogen and oxygen atoms in total. The zero-order valence-electron chi connectivity index (χ0n) is 15.9. The van der Waals surface area contributed by atoms with Gasteiger partial charge in [-0.15, -0.1) is 11.3 Å². The quantitative estimate of drug-likeness (QED) is 0.565. The third-order valence-electron chi connectivity index (χ3n) is 4.26. The second-order valence-electron chi connectivity index (χ2n) is 6.36. The predicted molar refractivity (Wildman–Crippen MR) is 115 cm³/mol. The Hall–Kier alpha value is -1.90. The van der Waals surface area contributed by atoms with E-state index in [0.717, 1.165) is 21.3 Å². The maximum absolute atomic E-state index is 12.9. The number of aromatic amines is 1. The summed E-state index contributed by atoms with van der Waals surface area (Å²) in [4.78, 5) is 39.7. The van der Waals surface area contributed by atoms with Crippen LogP contribution >= 0.6 is 34.7 Å². The molecule has 0 radical (unpaired) electrons. The van der Waals surface area contributed by atoms with E-state index in [-0.39, 0.29) is 18.0 Å². The number of nitrogens with one attached hydrogen (secondary N) is 1. The van der Waals surface area contributed by atoms with Gasteiger partial charge in [0.25, 0.3) is 5.56 Å². The van der Waals surface area contributed by atoms with E-state index in [1.54, 1.807) is 46.2 Å². The highest BCUT2D eigenvalue weighted by molar-refractivity contribution is 8.00. The van der Waals surface area contributed by atoms with E-state index in [1.165, 1.54) is 0 Å². The fourth-order valence-electron chi connectivity index (χ4n) is 2.88. The molecule has 1 aromatic carbocycles. The van der Waals surface area contributed by atoms with Gasteiger partial charge in [0.15, 0.2) is 0 Å². The minimum Gasteiger partial charge on any atom is -0.335 e. The lowest BCUT2D eigenvalue weighted by Crippen LogP contribution is -2.33. The number of H-pyrrole nitrogens is 1. The number of hydrogen-bond donors (Lipinski definition) is 1. The maximum atomic E-state index is 12.9. The van der Waals surface area contributed by atoms with Crippen LogP contribution in [0.1, 0.15) is 29.7 Å². The van der Waals surface area contributed by atoms with E-state index < -0.39 is 0 Å². The van der Waals surface area contributed by atoms with Crippen molar-refractivity contribution in [1.29, 1.82) is 0 Å². The number of thioether (sulfide) groups is 1. The van der Waals surface area contributed by atoms with Crippen LogP contribution in [0.2, 0.25) is 5.02 Å². The largest absolute Gasteiger partial charge is 0.335 e. The van der Waals surface area contributed by atoms with E-state index in [2.05, 4.69) is 15.0 Å². The smallest absolute Gasteiger partial charge is 0.258 e. The van der Waals surface area contributed by atoms with Crippen LogP contribution < -0.4 is 5.56 Å². The van der Waals surface area contributed by atoms with Crippen LogP contribution in [-0.4, -0.2) is 38.6 Å². The molecule has 3 rings (SSSR count). The first-order valence-electron chi connectivity index (χ1n) is 8.87. The number of aryl methyl sites for hydroxylation is 1. The Bertz CT molecular complexity index is 1060. The second kappa shape index (κ2) is 9.07. The zero-order valence-corrected chi connectivity index (χ0v) is 18.3. The molecule has 2 aromatic heterocycles. The summed E-state index contributed by atoms with van der Waals surface area (Å²) in [5, 5.41) is 0.995. The molecule has 9 heteroatoms. The van der Waals surface area contributed by atoms with Crippen molar-refractivity contribution >= 4 is 51.5 Å². The van der Waals surface area contributed by atoms with Crippen LogP contribution in [0.5, 0.6) is 0 Å². The number of fused-ring (bicyclic) bond motifs is 1. The molecule has 0 unspecified atom stereocenters. The molecular formula is C19H21ClN4O2S2. The Morgan fingerprint density at radius 1 is 1.36 bits per heavy atom. The number of carbonyl (C=O) groups excluding carboxylic acids is 1. The lowest BCUT2D eigenvalue weighted by Gasteiger charge is -2.21. The van der Waals surface area contributed by atoms with Gasteiger partial charge in [-0.2, -0.15) is 0 Å². The molecule has 0 spiro atoms. The standard InChI is InChI=1S/C19H21ClN4O2S2/c1-4-7-24(17(25)9-15-11(2)21-19(27-3)28-15)10-16-22-14-8-12(20)5-6-13(14)18(26)23-16/h5-6,8H,4,7,9-10H2,1-3H3,(H,22,23,26). The normalized spacial score (nSPS) is 11.1. The van der Waals surface area contributed by atoms with E-state index in [9.17, 15) is 9.59 Å². The summed E-state index contributed by atoms with van der Waals surface area (Å²) in [6, 6.07) is 4.97. The van der Waals surface area contributed by atoms with Gasteiger partial charge in [-0.3, -0.25) is 9.59 Å². The van der Waals surface area contributed by atoms with Gasteiger partial charge < -0.3 is 9.88 Å². The van der Waals surface area contributed by atoms with Crippen LogP contribution in [0, 0.1) is 6.92 Å². The average Bonchev–Trinajstić information content (AvgIpc) is 3.00. The molecule has 28 heavy (non-hydrogen) atoms. The fraction of sp³-hybridized carbons (Fsp3) is 0.368. The molecule has 0 bridgehead atoms. The van der Waals surface area contributed by atoms with Crippen molar-refractivity contribution in [2.24, 2.45) is 0 Å². The summed E-state index contributed by atoms with van der Waals surface area (Å²) in [7, 11) is 0. The van der Waals surface area contributed by atoms with Crippen molar-refractivity contribution in [2.45, 2.75) is 37.6 Å². The Morgan fingerprint density at radius 2 is 2.14 bits per heavy atom. The molecule has 0 aliphatic rings. The van der Waals surface area contributed by atoms with E-state index in [0.29, 0.717) is 34.7 Å². The van der Waals surface area contributed by atoms with E-state index in [4.69, 9.17) is 11.6 Å². The summed E-state index contributed by atoms with van der Waals surface area (Å²) in [6.07, 6.45) is 3.09. The van der Waals surface area contributed by atoms with Crippen molar-refractivity contribution in [3.05, 3.63) is 50.0 Å².